The van der Waals surface area contributed by atoms with Gasteiger partial charge in [-0.05, 0) is 32.4 Å². The van der Waals surface area contributed by atoms with Crippen LogP contribution in [-0.2, 0) is 0 Å². The second-order valence-electron chi connectivity index (χ2n) is 2.58. The number of nitrogens with one attached hydrogen (secondary N) is 1. The Morgan fingerprint density at radius 3 is 2.58 bits per heavy atom. The van der Waals surface area contributed by atoms with E-state index in [0.717, 1.165) is 23.6 Å². The lowest BCUT2D eigenvalue weighted by Crippen LogP contribution is -2.04. The Morgan fingerprint density at radius 2 is 2.00 bits per heavy atom. The van der Waals surface area contributed by atoms with E-state index in [-0.39, 0.29) is 0 Å². The van der Waals surface area contributed by atoms with Crippen LogP contribution in [-0.4, -0.2) is 16.5 Å². The molecule has 0 aliphatic heterocycles. The molecule has 0 spiro atoms. The number of anilines is 1. The Bertz CT molecular complexity index is 286. The SMILES string of the molecule is CCNc1nc(Cl)nc(C)c1C. The van der Waals surface area contributed by atoms with Gasteiger partial charge in [-0.2, -0.15) is 0 Å². The second-order valence-corrected chi connectivity index (χ2v) is 2.92. The second kappa shape index (κ2) is 3.72. The fourth-order valence-electron chi connectivity index (χ4n) is 0.934. The zero-order valence-corrected chi connectivity index (χ0v) is 8.24. The molecule has 66 valence electrons. The lowest BCUT2D eigenvalue weighted by atomic mass is 10.2. The molecule has 0 saturated heterocycles. The molecule has 0 unspecified atom stereocenters. The molecule has 0 aliphatic carbocycles. The molecular weight excluding hydrogens is 174 g/mol. The Kier molecular flexibility index (Phi) is 2.87. The van der Waals surface area contributed by atoms with Gasteiger partial charge in [0.05, 0.1) is 0 Å². The molecule has 0 radical (unpaired) electrons. The largest absolute Gasteiger partial charge is 0.370 e. The molecule has 4 heteroatoms. The Hall–Kier alpha value is -0.830. The third-order valence-electron chi connectivity index (χ3n) is 1.71. The summed E-state index contributed by atoms with van der Waals surface area (Å²) in [6.07, 6.45) is 0. The van der Waals surface area contributed by atoms with Gasteiger partial charge in [0.1, 0.15) is 5.82 Å². The molecule has 0 amide bonds. The van der Waals surface area contributed by atoms with Gasteiger partial charge in [-0.3, -0.25) is 0 Å². The molecule has 1 aromatic heterocycles. The zero-order valence-electron chi connectivity index (χ0n) is 7.48. The molecule has 0 bridgehead atoms. The average Bonchev–Trinajstić information content (AvgIpc) is 2.00. The highest BCUT2D eigenvalue weighted by molar-refractivity contribution is 6.28. The highest BCUT2D eigenvalue weighted by Gasteiger charge is 2.04. The summed E-state index contributed by atoms with van der Waals surface area (Å²) < 4.78 is 0. The maximum Gasteiger partial charge on any atom is 0.224 e. The van der Waals surface area contributed by atoms with Crippen molar-refractivity contribution < 1.29 is 0 Å². The fraction of sp³-hybridized carbons (Fsp3) is 0.500. The van der Waals surface area contributed by atoms with Crippen molar-refractivity contribution in [2.45, 2.75) is 20.8 Å². The maximum absolute atomic E-state index is 5.70. The van der Waals surface area contributed by atoms with Gasteiger partial charge < -0.3 is 5.32 Å². The average molecular weight is 186 g/mol. The molecule has 1 heterocycles. The van der Waals surface area contributed by atoms with Crippen molar-refractivity contribution in [3.63, 3.8) is 0 Å². The van der Waals surface area contributed by atoms with Crippen molar-refractivity contribution in [1.82, 2.24) is 9.97 Å². The van der Waals surface area contributed by atoms with Gasteiger partial charge in [0.25, 0.3) is 0 Å². The van der Waals surface area contributed by atoms with E-state index in [0.29, 0.717) is 5.28 Å². The summed E-state index contributed by atoms with van der Waals surface area (Å²) in [6.45, 7) is 6.76. The third kappa shape index (κ3) is 1.85. The first kappa shape index (κ1) is 9.26. The Morgan fingerprint density at radius 1 is 1.33 bits per heavy atom. The monoisotopic (exact) mass is 185 g/mol. The smallest absolute Gasteiger partial charge is 0.224 e. The number of rotatable bonds is 2. The molecule has 0 fully saturated rings. The van der Waals surface area contributed by atoms with Crippen LogP contribution in [0.3, 0.4) is 0 Å². The van der Waals surface area contributed by atoms with Crippen molar-refractivity contribution in [2.75, 3.05) is 11.9 Å². The van der Waals surface area contributed by atoms with Crippen molar-refractivity contribution in [2.24, 2.45) is 0 Å². The number of aryl methyl sites for hydroxylation is 1. The Balaban J connectivity index is 3.09. The number of hydrogen-bond acceptors (Lipinski definition) is 3. The van der Waals surface area contributed by atoms with Gasteiger partial charge in [-0.1, -0.05) is 0 Å². The predicted octanol–water partition coefficient (Wildman–Crippen LogP) is 2.18. The summed E-state index contributed by atoms with van der Waals surface area (Å²) in [4.78, 5) is 8.10. The van der Waals surface area contributed by atoms with Crippen LogP contribution in [0.5, 0.6) is 0 Å². The molecular formula is C8H12ClN3. The normalized spacial score (nSPS) is 10.0. The van der Waals surface area contributed by atoms with Gasteiger partial charge in [0.15, 0.2) is 0 Å². The molecule has 3 nitrogen and oxygen atoms in total. The van der Waals surface area contributed by atoms with Crippen molar-refractivity contribution in [3.8, 4) is 0 Å². The molecule has 0 saturated carbocycles. The molecule has 1 aromatic rings. The van der Waals surface area contributed by atoms with Crippen molar-refractivity contribution in [3.05, 3.63) is 16.5 Å². The topological polar surface area (TPSA) is 37.8 Å². The highest BCUT2D eigenvalue weighted by Crippen LogP contribution is 2.16. The molecule has 1 rings (SSSR count). The number of hydrogen-bond donors (Lipinski definition) is 1. The first-order valence-corrected chi connectivity index (χ1v) is 4.27. The van der Waals surface area contributed by atoms with E-state index in [1.54, 1.807) is 0 Å². The molecule has 1 N–H and O–H groups in total. The lowest BCUT2D eigenvalue weighted by molar-refractivity contribution is 1.04. The summed E-state index contributed by atoms with van der Waals surface area (Å²) in [5, 5.41) is 3.42. The van der Waals surface area contributed by atoms with Crippen LogP contribution in [0, 0.1) is 13.8 Å². The molecule has 0 atom stereocenters. The van der Waals surface area contributed by atoms with E-state index in [1.807, 2.05) is 20.8 Å². The summed E-state index contributed by atoms with van der Waals surface area (Å²) in [5.74, 6) is 0.829. The van der Waals surface area contributed by atoms with Crippen LogP contribution in [0.1, 0.15) is 18.2 Å². The first-order chi connectivity index (χ1) is 5.65. The summed E-state index contributed by atoms with van der Waals surface area (Å²) in [6, 6.07) is 0. The molecule has 12 heavy (non-hydrogen) atoms. The number of aromatic nitrogens is 2. The minimum Gasteiger partial charge on any atom is -0.370 e. The van der Waals surface area contributed by atoms with E-state index in [2.05, 4.69) is 15.3 Å². The standard InChI is InChI=1S/C8H12ClN3/c1-4-10-7-5(2)6(3)11-8(9)12-7/h4H2,1-3H3,(H,10,11,12). The van der Waals surface area contributed by atoms with E-state index >= 15 is 0 Å². The quantitative estimate of drug-likeness (QED) is 0.718. The summed E-state index contributed by atoms with van der Waals surface area (Å²) in [5.41, 5.74) is 1.98. The van der Waals surface area contributed by atoms with Crippen LogP contribution in [0.25, 0.3) is 0 Å². The van der Waals surface area contributed by atoms with E-state index < -0.39 is 0 Å². The minimum atomic E-state index is 0.300. The van der Waals surface area contributed by atoms with Gasteiger partial charge in [0, 0.05) is 17.8 Å². The zero-order chi connectivity index (χ0) is 9.14. The van der Waals surface area contributed by atoms with Crippen LogP contribution in [0.2, 0.25) is 5.28 Å². The molecule has 0 aliphatic rings. The van der Waals surface area contributed by atoms with Crippen LogP contribution >= 0.6 is 11.6 Å². The van der Waals surface area contributed by atoms with Crippen molar-refractivity contribution >= 4 is 17.4 Å². The van der Waals surface area contributed by atoms with Gasteiger partial charge in [-0.15, -0.1) is 0 Å². The van der Waals surface area contributed by atoms with E-state index in [4.69, 9.17) is 11.6 Å². The minimum absolute atomic E-state index is 0.300. The summed E-state index contributed by atoms with van der Waals surface area (Å²) in [7, 11) is 0. The highest BCUT2D eigenvalue weighted by atomic mass is 35.5. The maximum atomic E-state index is 5.70. The van der Waals surface area contributed by atoms with Gasteiger partial charge in [-0.25, -0.2) is 9.97 Å². The number of nitrogens with zero attached hydrogens (tertiary/aromatic N) is 2. The predicted molar refractivity (Wildman–Crippen MR) is 50.7 cm³/mol. The van der Waals surface area contributed by atoms with Crippen molar-refractivity contribution in [1.29, 1.82) is 0 Å². The third-order valence-corrected chi connectivity index (χ3v) is 1.88. The Labute approximate surface area is 77.2 Å². The van der Waals surface area contributed by atoms with Gasteiger partial charge in [0.2, 0.25) is 5.28 Å². The number of halogens is 1. The fourth-order valence-corrected chi connectivity index (χ4v) is 1.15. The van der Waals surface area contributed by atoms with Gasteiger partial charge >= 0.3 is 0 Å². The lowest BCUT2D eigenvalue weighted by Gasteiger charge is -2.07. The molecule has 0 aromatic carbocycles. The summed E-state index contributed by atoms with van der Waals surface area (Å²) >= 11 is 5.70. The first-order valence-electron chi connectivity index (χ1n) is 3.89. The van der Waals surface area contributed by atoms with Crippen LogP contribution in [0.4, 0.5) is 5.82 Å². The van der Waals surface area contributed by atoms with Crippen LogP contribution < -0.4 is 5.32 Å². The van der Waals surface area contributed by atoms with Crippen LogP contribution in [0.15, 0.2) is 0 Å². The van der Waals surface area contributed by atoms with E-state index in [9.17, 15) is 0 Å². The van der Waals surface area contributed by atoms with E-state index in [1.165, 1.54) is 0 Å².